The van der Waals surface area contributed by atoms with E-state index < -0.39 is 5.69 Å². The summed E-state index contributed by atoms with van der Waals surface area (Å²) in [6, 6.07) is 0. The molecule has 1 N–H and O–H groups in total. The van der Waals surface area contributed by atoms with Crippen LogP contribution in [0.25, 0.3) is 0 Å². The monoisotopic (exact) mass is 297 g/mol. The Bertz CT molecular complexity index is 262. The van der Waals surface area contributed by atoms with E-state index in [-0.39, 0.29) is 6.10 Å². The summed E-state index contributed by atoms with van der Waals surface area (Å²) in [7, 11) is 4.04. The van der Waals surface area contributed by atoms with Crippen molar-refractivity contribution in [3.8, 4) is 0 Å². The molecule has 0 spiro atoms. The van der Waals surface area contributed by atoms with Crippen LogP contribution in [-0.4, -0.2) is 36.5 Å². The van der Waals surface area contributed by atoms with Gasteiger partial charge in [0.25, 0.3) is 0 Å². The average Bonchev–Trinajstić information content (AvgIpc) is 2.41. The van der Waals surface area contributed by atoms with E-state index in [0.717, 1.165) is 6.54 Å². The minimum Gasteiger partial charge on any atom is -0.338 e. The van der Waals surface area contributed by atoms with Crippen molar-refractivity contribution < 1.29 is 9.42 Å². The zero-order valence-electron chi connectivity index (χ0n) is 10.7. The summed E-state index contributed by atoms with van der Waals surface area (Å²) in [4.78, 5) is 11.7. The second-order valence-corrected chi connectivity index (χ2v) is 10.3. The maximum absolute atomic E-state index is 9.65. The molecule has 1 fully saturated rings. The Morgan fingerprint density at radius 3 is 2.29 bits per heavy atom. The van der Waals surface area contributed by atoms with Crippen LogP contribution in [0.15, 0.2) is 0 Å². The van der Waals surface area contributed by atoms with Gasteiger partial charge in [0.1, 0.15) is 0 Å². The summed E-state index contributed by atoms with van der Waals surface area (Å²) < 4.78 is 5.65. The molecule has 0 saturated heterocycles. The van der Waals surface area contributed by atoms with E-state index in [4.69, 9.17) is 16.3 Å². The molecule has 0 aromatic rings. The van der Waals surface area contributed by atoms with E-state index in [0.29, 0.717) is 5.92 Å². The molecule has 0 aromatic carbocycles. The lowest BCUT2D eigenvalue weighted by Crippen LogP contribution is -2.33. The van der Waals surface area contributed by atoms with Gasteiger partial charge >= 0.3 is 0 Å². The van der Waals surface area contributed by atoms with Gasteiger partial charge in [0.15, 0.2) is 0 Å². The maximum Gasteiger partial charge on any atom is 0.241 e. The lowest BCUT2D eigenvalue weighted by molar-refractivity contribution is 0.0989. The van der Waals surface area contributed by atoms with E-state index in [1.165, 1.54) is 38.5 Å². The fraction of sp³-hybridized carbons (Fsp3) is 1.00. The first-order valence-corrected chi connectivity index (χ1v) is 10.1. The minimum absolute atomic E-state index is 0.0245. The molecular weight excluding hydrogens is 273 g/mol. The molecule has 0 aromatic heterocycles. The number of hydrogen-bond donors (Lipinski definition) is 2. The Kier molecular flexibility index (Phi) is 7.00. The Morgan fingerprint density at radius 1 is 1.35 bits per heavy atom. The van der Waals surface area contributed by atoms with Crippen molar-refractivity contribution in [2.45, 2.75) is 44.6 Å². The van der Waals surface area contributed by atoms with Gasteiger partial charge in [-0.15, -0.1) is 0 Å². The molecule has 0 heterocycles. The lowest BCUT2D eigenvalue weighted by Gasteiger charge is -2.30. The summed E-state index contributed by atoms with van der Waals surface area (Å²) in [5.74, 6) is 0.515. The molecule has 6 heteroatoms. The van der Waals surface area contributed by atoms with Crippen LogP contribution in [0.2, 0.25) is 0 Å². The molecular formula is C11H24NO2PS2. The summed E-state index contributed by atoms with van der Waals surface area (Å²) in [5.41, 5.74) is -2.86. The van der Waals surface area contributed by atoms with Crippen LogP contribution in [0, 0.1) is 5.92 Å². The van der Waals surface area contributed by atoms with Gasteiger partial charge in [-0.25, -0.2) is 0 Å². The first kappa shape index (κ1) is 15.9. The van der Waals surface area contributed by atoms with Crippen LogP contribution in [0.5, 0.6) is 0 Å². The van der Waals surface area contributed by atoms with Crippen LogP contribution >= 0.6 is 17.9 Å². The molecule has 0 radical (unpaired) electrons. The van der Waals surface area contributed by atoms with Gasteiger partial charge in [0.2, 0.25) is 5.69 Å². The third kappa shape index (κ3) is 7.14. The highest BCUT2D eigenvalue weighted by atomic mass is 32.9. The first-order chi connectivity index (χ1) is 7.88. The van der Waals surface area contributed by atoms with Gasteiger partial charge in [-0.1, -0.05) is 37.9 Å². The highest BCUT2D eigenvalue weighted by Gasteiger charge is 2.27. The normalized spacial score (nSPS) is 24.3. The fourth-order valence-electron chi connectivity index (χ4n) is 2.49. The van der Waals surface area contributed by atoms with Crippen LogP contribution in [0.3, 0.4) is 0 Å². The summed E-state index contributed by atoms with van der Waals surface area (Å²) in [5, 5.41) is 0. The predicted octanol–water partition coefficient (Wildman–Crippen LogP) is 3.05. The van der Waals surface area contributed by atoms with Crippen molar-refractivity contribution in [3.63, 3.8) is 0 Å². The van der Waals surface area contributed by atoms with Crippen molar-refractivity contribution in [1.29, 1.82) is 0 Å². The summed E-state index contributed by atoms with van der Waals surface area (Å²) in [6.07, 6.45) is 7.55. The van der Waals surface area contributed by atoms with Crippen LogP contribution in [0.4, 0.5) is 0 Å². The molecule has 1 rings (SSSR count). The number of nitrogens with zero attached hydrogens (tertiary/aromatic N) is 1. The zero-order chi connectivity index (χ0) is 12.9. The number of likely N-dealkylation sites (N-methyl/N-ethyl adjacent to an activating group) is 1. The second kappa shape index (κ2) is 7.46. The van der Waals surface area contributed by atoms with Gasteiger partial charge in [0.05, 0.1) is 6.10 Å². The molecule has 0 aliphatic heterocycles. The van der Waals surface area contributed by atoms with Crippen molar-refractivity contribution >= 4 is 29.7 Å². The summed E-state index contributed by atoms with van der Waals surface area (Å²) >= 11 is 8.91. The second-order valence-electron chi connectivity index (χ2n) is 5.15. The third-order valence-electron chi connectivity index (χ3n) is 3.24. The topological polar surface area (TPSA) is 32.7 Å². The van der Waals surface area contributed by atoms with E-state index in [9.17, 15) is 4.89 Å². The Labute approximate surface area is 115 Å². The van der Waals surface area contributed by atoms with Crippen molar-refractivity contribution in [2.24, 2.45) is 5.92 Å². The van der Waals surface area contributed by atoms with E-state index in [1.54, 1.807) is 0 Å². The number of hydrogen-bond acceptors (Lipinski definition) is 3. The van der Waals surface area contributed by atoms with Crippen molar-refractivity contribution in [3.05, 3.63) is 0 Å². The SMILES string of the molecule is CN(C)CC(OP(O)(=S)S)C1CCCCCC1. The maximum atomic E-state index is 9.65. The lowest BCUT2D eigenvalue weighted by atomic mass is 9.94. The molecule has 1 aliphatic rings. The first-order valence-electron chi connectivity index (χ1n) is 6.27. The van der Waals surface area contributed by atoms with Crippen molar-refractivity contribution in [1.82, 2.24) is 4.90 Å². The van der Waals surface area contributed by atoms with Gasteiger partial charge < -0.3 is 14.3 Å². The molecule has 0 amide bonds. The minimum atomic E-state index is -2.86. The highest BCUT2D eigenvalue weighted by molar-refractivity contribution is 8.59. The van der Waals surface area contributed by atoms with E-state index >= 15 is 0 Å². The third-order valence-corrected chi connectivity index (χ3v) is 4.33. The Morgan fingerprint density at radius 2 is 1.88 bits per heavy atom. The van der Waals surface area contributed by atoms with Gasteiger partial charge in [-0.2, -0.15) is 0 Å². The largest absolute Gasteiger partial charge is 0.338 e. The molecule has 0 bridgehead atoms. The molecule has 2 atom stereocenters. The van der Waals surface area contributed by atoms with Gasteiger partial charge in [-0.3, -0.25) is 0 Å². The predicted molar refractivity (Wildman–Crippen MR) is 80.1 cm³/mol. The molecule has 2 unspecified atom stereocenters. The number of rotatable bonds is 5. The molecule has 102 valence electrons. The molecule has 17 heavy (non-hydrogen) atoms. The molecule has 3 nitrogen and oxygen atoms in total. The fourth-order valence-corrected chi connectivity index (χ4v) is 3.77. The van der Waals surface area contributed by atoms with Crippen LogP contribution in [-0.2, 0) is 16.3 Å². The average molecular weight is 297 g/mol. The Hall–Kier alpha value is 0.880. The smallest absolute Gasteiger partial charge is 0.241 e. The van der Waals surface area contributed by atoms with E-state index in [1.807, 2.05) is 14.1 Å². The number of thiol groups is 1. The van der Waals surface area contributed by atoms with Gasteiger partial charge in [0, 0.05) is 6.54 Å². The standard InChI is InChI=1S/C11H24NO2PS2/c1-12(2)9-11(14-15(13,16)17)10-7-5-3-4-6-8-10/h10-11H,3-9H2,1-2H3,(H2,13,16,17). The van der Waals surface area contributed by atoms with Crippen LogP contribution < -0.4 is 0 Å². The quantitative estimate of drug-likeness (QED) is 0.464. The van der Waals surface area contributed by atoms with E-state index in [2.05, 4.69) is 17.1 Å². The Balaban J connectivity index is 2.62. The molecule has 1 aliphatic carbocycles. The zero-order valence-corrected chi connectivity index (χ0v) is 13.3. The van der Waals surface area contributed by atoms with Crippen molar-refractivity contribution in [2.75, 3.05) is 20.6 Å². The van der Waals surface area contributed by atoms with Gasteiger partial charge in [-0.05, 0) is 44.7 Å². The van der Waals surface area contributed by atoms with Crippen LogP contribution in [0.1, 0.15) is 38.5 Å². The molecule has 1 saturated carbocycles. The summed E-state index contributed by atoms with van der Waals surface area (Å²) in [6.45, 7) is 0.810. The highest BCUT2D eigenvalue weighted by Crippen LogP contribution is 2.50.